The summed E-state index contributed by atoms with van der Waals surface area (Å²) in [4.78, 5) is 45.9. The summed E-state index contributed by atoms with van der Waals surface area (Å²) in [7, 11) is 0. The van der Waals surface area contributed by atoms with E-state index < -0.39 is 41.1 Å². The van der Waals surface area contributed by atoms with Gasteiger partial charge in [0.25, 0.3) is 0 Å². The summed E-state index contributed by atoms with van der Waals surface area (Å²) in [6.07, 6.45) is 0.622. The van der Waals surface area contributed by atoms with Crippen LogP contribution in [0.1, 0.15) is 19.3 Å². The molecule has 0 radical (unpaired) electrons. The Balaban J connectivity index is 2.13. The molecule has 0 N–H and O–H groups in total. The molecule has 0 aromatic heterocycles. The SMILES string of the molecule is O=C1CC2(C(=O)O1)C1CCC2C(=O)OC1=O. The molecule has 2 atom stereocenters. The maximum Gasteiger partial charge on any atom is 0.322 e. The molecule has 6 nitrogen and oxygen atoms in total. The number of carbonyl (C=O) groups is 4. The second-order valence-corrected chi connectivity index (χ2v) is 4.40. The average molecular weight is 224 g/mol. The Bertz CT molecular complexity index is 415. The van der Waals surface area contributed by atoms with Crippen LogP contribution in [0, 0.1) is 17.3 Å². The fraction of sp³-hybridized carbons (Fsp3) is 0.600. The number of rotatable bonds is 0. The molecular weight excluding hydrogens is 216 g/mol. The van der Waals surface area contributed by atoms with Gasteiger partial charge in [0.15, 0.2) is 0 Å². The van der Waals surface area contributed by atoms with Gasteiger partial charge in [0.1, 0.15) is 5.41 Å². The van der Waals surface area contributed by atoms with E-state index in [-0.39, 0.29) is 6.42 Å². The second-order valence-electron chi connectivity index (χ2n) is 4.40. The normalized spacial score (nSPS) is 41.5. The van der Waals surface area contributed by atoms with Gasteiger partial charge < -0.3 is 9.47 Å². The Kier molecular flexibility index (Phi) is 1.60. The lowest BCUT2D eigenvalue weighted by Crippen LogP contribution is -2.49. The fourth-order valence-corrected chi connectivity index (χ4v) is 3.07. The van der Waals surface area contributed by atoms with Gasteiger partial charge >= 0.3 is 23.9 Å². The van der Waals surface area contributed by atoms with Crippen LogP contribution in [0.15, 0.2) is 0 Å². The van der Waals surface area contributed by atoms with Crippen molar-refractivity contribution in [3.63, 3.8) is 0 Å². The molecule has 16 heavy (non-hydrogen) atoms. The molecule has 3 rings (SSSR count). The Morgan fingerprint density at radius 1 is 0.938 bits per heavy atom. The summed E-state index contributed by atoms with van der Waals surface area (Å²) in [5.41, 5.74) is -1.26. The van der Waals surface area contributed by atoms with Crippen molar-refractivity contribution in [1.29, 1.82) is 0 Å². The Morgan fingerprint density at radius 3 is 1.94 bits per heavy atom. The van der Waals surface area contributed by atoms with Crippen LogP contribution < -0.4 is 0 Å². The molecule has 1 spiro atoms. The first kappa shape index (κ1) is 9.50. The predicted octanol–water partition coefficient (Wildman–Crippen LogP) is -0.444. The first-order valence-corrected chi connectivity index (χ1v) is 5.06. The van der Waals surface area contributed by atoms with E-state index in [0.717, 1.165) is 0 Å². The van der Waals surface area contributed by atoms with Crippen molar-refractivity contribution < 1.29 is 28.7 Å². The first-order valence-electron chi connectivity index (χ1n) is 5.06. The van der Waals surface area contributed by atoms with Crippen LogP contribution in [-0.4, -0.2) is 23.9 Å². The van der Waals surface area contributed by atoms with Crippen LogP contribution in [0.4, 0.5) is 0 Å². The third kappa shape index (κ3) is 0.874. The summed E-state index contributed by atoms with van der Waals surface area (Å²) in [5, 5.41) is 0. The molecule has 3 fully saturated rings. The maximum atomic E-state index is 11.7. The lowest BCUT2D eigenvalue weighted by atomic mass is 9.69. The van der Waals surface area contributed by atoms with Crippen molar-refractivity contribution in [3.8, 4) is 0 Å². The number of hydrogen-bond donors (Lipinski definition) is 0. The largest absolute Gasteiger partial charge is 0.393 e. The number of ether oxygens (including phenoxy) is 2. The molecule has 0 aromatic carbocycles. The van der Waals surface area contributed by atoms with Gasteiger partial charge in [0.2, 0.25) is 0 Å². The lowest BCUT2D eigenvalue weighted by molar-refractivity contribution is -0.183. The van der Waals surface area contributed by atoms with Crippen LogP contribution in [0.3, 0.4) is 0 Å². The van der Waals surface area contributed by atoms with Gasteiger partial charge in [-0.05, 0) is 12.8 Å². The third-order valence-corrected chi connectivity index (χ3v) is 3.78. The minimum absolute atomic E-state index is 0.179. The Labute approximate surface area is 89.9 Å². The molecule has 2 saturated heterocycles. The topological polar surface area (TPSA) is 86.7 Å². The third-order valence-electron chi connectivity index (χ3n) is 3.78. The first-order chi connectivity index (χ1) is 7.55. The molecule has 2 unspecified atom stereocenters. The molecule has 3 aliphatic rings. The van der Waals surface area contributed by atoms with Crippen LogP contribution >= 0.6 is 0 Å². The van der Waals surface area contributed by atoms with E-state index >= 15 is 0 Å². The maximum absolute atomic E-state index is 11.7. The molecule has 0 amide bonds. The standard InChI is InChI=1S/C10H8O6/c11-6-3-10(9(14)15-6)4-1-2-5(10)8(13)16-7(4)12/h4-5H,1-3H2. The van der Waals surface area contributed by atoms with Crippen LogP contribution in [0.2, 0.25) is 0 Å². The highest BCUT2D eigenvalue weighted by molar-refractivity contribution is 6.07. The average Bonchev–Trinajstić information content (AvgIpc) is 2.64. The number of hydrogen-bond acceptors (Lipinski definition) is 6. The van der Waals surface area contributed by atoms with E-state index in [4.69, 9.17) is 0 Å². The summed E-state index contributed by atoms with van der Waals surface area (Å²) in [5.74, 6) is -4.21. The highest BCUT2D eigenvalue weighted by Crippen LogP contribution is 2.57. The number of carbonyl (C=O) groups excluding carboxylic acids is 4. The van der Waals surface area contributed by atoms with Crippen molar-refractivity contribution >= 4 is 23.9 Å². The molecule has 1 aliphatic carbocycles. The summed E-state index contributed by atoms with van der Waals surface area (Å²) in [6, 6.07) is 0. The summed E-state index contributed by atoms with van der Waals surface area (Å²) < 4.78 is 9.04. The minimum Gasteiger partial charge on any atom is -0.393 e. The Morgan fingerprint density at radius 2 is 1.50 bits per heavy atom. The van der Waals surface area contributed by atoms with Crippen molar-refractivity contribution in [2.45, 2.75) is 19.3 Å². The molecule has 84 valence electrons. The van der Waals surface area contributed by atoms with Gasteiger partial charge in [-0.1, -0.05) is 0 Å². The zero-order valence-electron chi connectivity index (χ0n) is 8.23. The molecular formula is C10H8O6. The molecule has 6 heteroatoms. The highest BCUT2D eigenvalue weighted by Gasteiger charge is 2.69. The Hall–Kier alpha value is -1.72. The number of cyclic esters (lactones) is 4. The van der Waals surface area contributed by atoms with Gasteiger partial charge in [-0.25, -0.2) is 0 Å². The number of esters is 4. The van der Waals surface area contributed by atoms with E-state index in [1.54, 1.807) is 0 Å². The van der Waals surface area contributed by atoms with Crippen LogP contribution in [0.25, 0.3) is 0 Å². The van der Waals surface area contributed by atoms with E-state index in [1.807, 2.05) is 0 Å². The van der Waals surface area contributed by atoms with E-state index in [1.165, 1.54) is 0 Å². The van der Waals surface area contributed by atoms with Crippen molar-refractivity contribution in [1.82, 2.24) is 0 Å². The van der Waals surface area contributed by atoms with E-state index in [0.29, 0.717) is 12.8 Å². The zero-order chi connectivity index (χ0) is 11.5. The van der Waals surface area contributed by atoms with Gasteiger partial charge in [-0.2, -0.15) is 0 Å². The van der Waals surface area contributed by atoms with Gasteiger partial charge in [-0.15, -0.1) is 0 Å². The molecule has 2 bridgehead atoms. The highest BCUT2D eigenvalue weighted by atomic mass is 16.6. The summed E-state index contributed by atoms with van der Waals surface area (Å²) >= 11 is 0. The predicted molar refractivity (Wildman–Crippen MR) is 45.5 cm³/mol. The van der Waals surface area contributed by atoms with Crippen LogP contribution in [0.5, 0.6) is 0 Å². The van der Waals surface area contributed by atoms with E-state index in [9.17, 15) is 19.2 Å². The zero-order valence-corrected chi connectivity index (χ0v) is 8.23. The van der Waals surface area contributed by atoms with Gasteiger partial charge in [0.05, 0.1) is 18.3 Å². The van der Waals surface area contributed by atoms with Gasteiger partial charge in [0, 0.05) is 0 Å². The molecule has 1 saturated carbocycles. The molecule has 2 aliphatic heterocycles. The monoisotopic (exact) mass is 224 g/mol. The second kappa shape index (κ2) is 2.69. The van der Waals surface area contributed by atoms with Gasteiger partial charge in [-0.3, -0.25) is 19.2 Å². The fourth-order valence-electron chi connectivity index (χ4n) is 3.07. The van der Waals surface area contributed by atoms with Crippen LogP contribution in [-0.2, 0) is 28.7 Å². The van der Waals surface area contributed by atoms with E-state index in [2.05, 4.69) is 9.47 Å². The lowest BCUT2D eigenvalue weighted by Gasteiger charge is -2.32. The molecule has 2 heterocycles. The smallest absolute Gasteiger partial charge is 0.322 e. The van der Waals surface area contributed by atoms with Crippen molar-refractivity contribution in [2.75, 3.05) is 0 Å². The molecule has 0 aromatic rings. The minimum atomic E-state index is -1.26. The quantitative estimate of drug-likeness (QED) is 0.409. The van der Waals surface area contributed by atoms with Crippen molar-refractivity contribution in [3.05, 3.63) is 0 Å². The van der Waals surface area contributed by atoms with Crippen molar-refractivity contribution in [2.24, 2.45) is 17.3 Å². The summed E-state index contributed by atoms with van der Waals surface area (Å²) in [6.45, 7) is 0.